The lowest BCUT2D eigenvalue weighted by atomic mass is 10.0. The van der Waals surface area contributed by atoms with Gasteiger partial charge in [0.1, 0.15) is 0 Å². The van der Waals surface area contributed by atoms with E-state index < -0.39 is 0 Å². The normalized spacial score (nSPS) is 15.2. The number of pyridine rings is 1. The second-order valence-electron chi connectivity index (χ2n) is 9.48. The van der Waals surface area contributed by atoms with Gasteiger partial charge < -0.3 is 9.64 Å². The minimum atomic E-state index is 0.104. The number of carbonyl (C=O) groups is 1. The van der Waals surface area contributed by atoms with E-state index in [9.17, 15) is 4.79 Å². The van der Waals surface area contributed by atoms with Gasteiger partial charge in [-0.25, -0.2) is 9.67 Å². The third kappa shape index (κ3) is 6.07. The SMILES string of the molecule is CCCCCCN(CCN1CCOCC1)C(=O)c1cc(C(C)C)nc2c1cnn2C(C)C. The molecular weight excluding hydrogens is 402 g/mol. The van der Waals surface area contributed by atoms with Crippen LogP contribution in [-0.4, -0.2) is 76.4 Å². The summed E-state index contributed by atoms with van der Waals surface area (Å²) in [6.45, 7) is 16.5. The lowest BCUT2D eigenvalue weighted by Crippen LogP contribution is -2.43. The van der Waals surface area contributed by atoms with Gasteiger partial charge in [0.25, 0.3) is 5.91 Å². The van der Waals surface area contributed by atoms with Crippen LogP contribution in [-0.2, 0) is 4.74 Å². The van der Waals surface area contributed by atoms with Crippen LogP contribution in [0, 0.1) is 0 Å². The first-order valence-electron chi connectivity index (χ1n) is 12.4. The maximum Gasteiger partial charge on any atom is 0.254 e. The van der Waals surface area contributed by atoms with E-state index in [0.717, 1.165) is 81.1 Å². The Hall–Kier alpha value is -1.99. The molecule has 0 spiro atoms. The lowest BCUT2D eigenvalue weighted by Gasteiger charge is -2.30. The van der Waals surface area contributed by atoms with Gasteiger partial charge >= 0.3 is 0 Å². The number of unbranched alkanes of at least 4 members (excludes halogenated alkanes) is 3. The van der Waals surface area contributed by atoms with Crippen molar-refractivity contribution in [3.8, 4) is 0 Å². The van der Waals surface area contributed by atoms with Gasteiger partial charge in [-0.2, -0.15) is 5.10 Å². The molecule has 1 saturated heterocycles. The third-order valence-electron chi connectivity index (χ3n) is 6.26. The molecule has 3 rings (SSSR count). The summed E-state index contributed by atoms with van der Waals surface area (Å²) < 4.78 is 7.41. The number of rotatable bonds is 11. The summed E-state index contributed by atoms with van der Waals surface area (Å²) >= 11 is 0. The highest BCUT2D eigenvalue weighted by atomic mass is 16.5. The number of amides is 1. The topological polar surface area (TPSA) is 63.5 Å². The molecule has 0 saturated carbocycles. The van der Waals surface area contributed by atoms with Gasteiger partial charge in [0.05, 0.1) is 30.4 Å². The highest BCUT2D eigenvalue weighted by Gasteiger charge is 2.23. The van der Waals surface area contributed by atoms with E-state index >= 15 is 0 Å². The van der Waals surface area contributed by atoms with Gasteiger partial charge in [-0.3, -0.25) is 9.69 Å². The summed E-state index contributed by atoms with van der Waals surface area (Å²) in [7, 11) is 0. The molecule has 0 radical (unpaired) electrons. The fraction of sp³-hybridized carbons (Fsp3) is 0.720. The van der Waals surface area contributed by atoms with Crippen molar-refractivity contribution >= 4 is 16.9 Å². The molecule has 1 aliphatic heterocycles. The molecule has 0 aliphatic carbocycles. The predicted octanol–water partition coefficient (Wildman–Crippen LogP) is 4.49. The van der Waals surface area contributed by atoms with Crippen LogP contribution in [0.15, 0.2) is 12.3 Å². The summed E-state index contributed by atoms with van der Waals surface area (Å²) in [6, 6.07) is 2.19. The van der Waals surface area contributed by atoms with Crippen molar-refractivity contribution in [3.63, 3.8) is 0 Å². The van der Waals surface area contributed by atoms with Crippen molar-refractivity contribution in [3.05, 3.63) is 23.5 Å². The Balaban J connectivity index is 1.88. The van der Waals surface area contributed by atoms with Crippen LogP contribution in [0.25, 0.3) is 11.0 Å². The molecule has 3 heterocycles. The largest absolute Gasteiger partial charge is 0.379 e. The third-order valence-corrected chi connectivity index (χ3v) is 6.26. The zero-order valence-corrected chi connectivity index (χ0v) is 20.6. The molecule has 0 aromatic carbocycles. The fourth-order valence-corrected chi connectivity index (χ4v) is 4.19. The van der Waals surface area contributed by atoms with Crippen LogP contribution in [0.1, 0.15) is 88.3 Å². The van der Waals surface area contributed by atoms with E-state index in [2.05, 4.69) is 49.5 Å². The summed E-state index contributed by atoms with van der Waals surface area (Å²) in [5, 5.41) is 5.42. The molecule has 32 heavy (non-hydrogen) atoms. The lowest BCUT2D eigenvalue weighted by molar-refractivity contribution is 0.0324. The predicted molar refractivity (Wildman–Crippen MR) is 129 cm³/mol. The minimum Gasteiger partial charge on any atom is -0.379 e. The van der Waals surface area contributed by atoms with Gasteiger partial charge in [0.2, 0.25) is 0 Å². The Morgan fingerprint density at radius 3 is 2.53 bits per heavy atom. The Morgan fingerprint density at radius 1 is 1.12 bits per heavy atom. The molecule has 0 bridgehead atoms. The zero-order valence-electron chi connectivity index (χ0n) is 20.6. The van der Waals surface area contributed by atoms with Gasteiger partial charge in [-0.1, -0.05) is 40.0 Å². The molecule has 2 aromatic heterocycles. The molecular formula is C25H41N5O2. The second-order valence-corrected chi connectivity index (χ2v) is 9.48. The zero-order chi connectivity index (χ0) is 23.1. The van der Waals surface area contributed by atoms with E-state index in [4.69, 9.17) is 9.72 Å². The molecule has 0 unspecified atom stereocenters. The highest BCUT2D eigenvalue weighted by molar-refractivity contribution is 6.05. The van der Waals surface area contributed by atoms with Crippen molar-refractivity contribution in [2.45, 2.75) is 72.3 Å². The van der Waals surface area contributed by atoms with Crippen LogP contribution >= 0.6 is 0 Å². The average molecular weight is 444 g/mol. The Morgan fingerprint density at radius 2 is 1.88 bits per heavy atom. The number of aromatic nitrogens is 3. The van der Waals surface area contributed by atoms with Crippen molar-refractivity contribution in [2.24, 2.45) is 0 Å². The van der Waals surface area contributed by atoms with E-state index in [-0.39, 0.29) is 17.9 Å². The van der Waals surface area contributed by atoms with E-state index in [0.29, 0.717) is 0 Å². The molecule has 178 valence electrons. The fourth-order valence-electron chi connectivity index (χ4n) is 4.19. The molecule has 1 fully saturated rings. The summed E-state index contributed by atoms with van der Waals surface area (Å²) in [5.41, 5.74) is 2.50. The summed E-state index contributed by atoms with van der Waals surface area (Å²) in [4.78, 5) is 23.2. The van der Waals surface area contributed by atoms with E-state index in [1.54, 1.807) is 0 Å². The van der Waals surface area contributed by atoms with Crippen molar-refractivity contribution in [2.75, 3.05) is 45.9 Å². The van der Waals surface area contributed by atoms with Gasteiger partial charge in [-0.05, 0) is 32.3 Å². The van der Waals surface area contributed by atoms with Crippen molar-refractivity contribution < 1.29 is 9.53 Å². The molecule has 0 atom stereocenters. The summed E-state index contributed by atoms with van der Waals surface area (Å²) in [6.07, 6.45) is 6.42. The first-order chi connectivity index (χ1) is 15.4. The molecule has 7 nitrogen and oxygen atoms in total. The Labute approximate surface area is 193 Å². The number of hydrogen-bond donors (Lipinski definition) is 0. The quantitative estimate of drug-likeness (QED) is 0.479. The number of hydrogen-bond acceptors (Lipinski definition) is 5. The molecule has 2 aromatic rings. The van der Waals surface area contributed by atoms with Crippen LogP contribution in [0.3, 0.4) is 0 Å². The van der Waals surface area contributed by atoms with Crippen molar-refractivity contribution in [1.82, 2.24) is 24.6 Å². The van der Waals surface area contributed by atoms with Gasteiger partial charge in [0.15, 0.2) is 5.65 Å². The minimum absolute atomic E-state index is 0.104. The van der Waals surface area contributed by atoms with Crippen LogP contribution in [0.5, 0.6) is 0 Å². The second kappa shape index (κ2) is 11.8. The first-order valence-corrected chi connectivity index (χ1v) is 12.4. The van der Waals surface area contributed by atoms with E-state index in [1.165, 1.54) is 12.8 Å². The average Bonchev–Trinajstić information content (AvgIpc) is 3.22. The van der Waals surface area contributed by atoms with Crippen LogP contribution in [0.2, 0.25) is 0 Å². The maximum atomic E-state index is 13.9. The molecule has 7 heteroatoms. The smallest absolute Gasteiger partial charge is 0.254 e. The Bertz CT molecular complexity index is 871. The standard InChI is InChI=1S/C25H41N5O2/c1-6-7-8-9-10-29(12-11-28-13-15-32-16-14-28)25(31)21-17-23(19(2)3)27-24-22(21)18-26-30(24)20(4)5/h17-20H,6-16H2,1-5H3. The monoisotopic (exact) mass is 443 g/mol. The first kappa shape index (κ1) is 24.6. The molecule has 0 N–H and O–H groups in total. The number of fused-ring (bicyclic) bond motifs is 1. The highest BCUT2D eigenvalue weighted by Crippen LogP contribution is 2.25. The number of ether oxygens (including phenoxy) is 1. The summed E-state index contributed by atoms with van der Waals surface area (Å²) in [5.74, 6) is 0.347. The maximum absolute atomic E-state index is 13.9. The van der Waals surface area contributed by atoms with Gasteiger partial charge in [0, 0.05) is 44.5 Å². The number of morpholine rings is 1. The van der Waals surface area contributed by atoms with Crippen molar-refractivity contribution in [1.29, 1.82) is 0 Å². The van der Waals surface area contributed by atoms with Crippen LogP contribution < -0.4 is 0 Å². The molecule has 1 aliphatic rings. The van der Waals surface area contributed by atoms with Gasteiger partial charge in [-0.15, -0.1) is 0 Å². The van der Waals surface area contributed by atoms with Crippen LogP contribution in [0.4, 0.5) is 0 Å². The molecule has 1 amide bonds. The Kier molecular flexibility index (Phi) is 9.05. The number of carbonyl (C=O) groups excluding carboxylic acids is 1. The van der Waals surface area contributed by atoms with E-state index in [1.807, 2.05) is 16.9 Å². The number of nitrogens with zero attached hydrogens (tertiary/aromatic N) is 5.